The van der Waals surface area contributed by atoms with Crippen LogP contribution in [-0.4, -0.2) is 0 Å². The standard InChI is InChI=1S/C15H17ClFNS/c1-9-6-14(11(3)19-9)10(2)18-8-12-4-5-13(17)7-15(12)16/h4-7,10,18H,8H2,1-3H3. The van der Waals surface area contributed by atoms with Crippen molar-refractivity contribution in [2.24, 2.45) is 0 Å². The van der Waals surface area contributed by atoms with Crippen molar-refractivity contribution >= 4 is 22.9 Å². The maximum absolute atomic E-state index is 13.0. The van der Waals surface area contributed by atoms with Crippen LogP contribution >= 0.6 is 22.9 Å². The first kappa shape index (κ1) is 14.5. The third-order valence-corrected chi connectivity index (χ3v) is 4.49. The molecular weight excluding hydrogens is 281 g/mol. The zero-order chi connectivity index (χ0) is 14.0. The van der Waals surface area contributed by atoms with Gasteiger partial charge in [-0.25, -0.2) is 4.39 Å². The summed E-state index contributed by atoms with van der Waals surface area (Å²) in [5.74, 6) is -0.300. The summed E-state index contributed by atoms with van der Waals surface area (Å²) in [6, 6.07) is 6.98. The van der Waals surface area contributed by atoms with Gasteiger partial charge in [-0.1, -0.05) is 17.7 Å². The lowest BCUT2D eigenvalue weighted by Gasteiger charge is -2.14. The van der Waals surface area contributed by atoms with Gasteiger partial charge in [0.15, 0.2) is 0 Å². The Kier molecular flexibility index (Phi) is 4.61. The smallest absolute Gasteiger partial charge is 0.124 e. The number of hydrogen-bond acceptors (Lipinski definition) is 2. The van der Waals surface area contributed by atoms with E-state index in [9.17, 15) is 4.39 Å². The van der Waals surface area contributed by atoms with Gasteiger partial charge < -0.3 is 5.32 Å². The van der Waals surface area contributed by atoms with E-state index in [2.05, 4.69) is 32.2 Å². The molecule has 0 aliphatic carbocycles. The second-order valence-corrected chi connectivity index (χ2v) is 6.57. The van der Waals surface area contributed by atoms with Gasteiger partial charge in [0.25, 0.3) is 0 Å². The maximum atomic E-state index is 13.0. The van der Waals surface area contributed by atoms with Gasteiger partial charge in [-0.2, -0.15) is 0 Å². The quantitative estimate of drug-likeness (QED) is 0.836. The molecule has 1 atom stereocenters. The van der Waals surface area contributed by atoms with Crippen LogP contribution in [-0.2, 0) is 6.54 Å². The largest absolute Gasteiger partial charge is 0.306 e. The van der Waals surface area contributed by atoms with Crippen LogP contribution in [0, 0.1) is 19.7 Å². The van der Waals surface area contributed by atoms with Gasteiger partial charge in [-0.15, -0.1) is 11.3 Å². The highest BCUT2D eigenvalue weighted by molar-refractivity contribution is 7.12. The molecule has 0 amide bonds. The molecule has 1 aromatic heterocycles. The van der Waals surface area contributed by atoms with E-state index in [0.717, 1.165) is 5.56 Å². The molecule has 1 N–H and O–H groups in total. The predicted molar refractivity (Wildman–Crippen MR) is 80.5 cm³/mol. The second-order valence-electron chi connectivity index (χ2n) is 4.71. The Balaban J connectivity index is 2.04. The zero-order valence-electron chi connectivity index (χ0n) is 11.3. The second kappa shape index (κ2) is 6.04. The minimum absolute atomic E-state index is 0.256. The fourth-order valence-corrected chi connectivity index (χ4v) is 3.37. The van der Waals surface area contributed by atoms with Crippen LogP contribution in [0.25, 0.3) is 0 Å². The molecule has 1 aromatic carbocycles. The third-order valence-electron chi connectivity index (χ3n) is 3.16. The van der Waals surface area contributed by atoms with Crippen molar-refractivity contribution in [2.75, 3.05) is 0 Å². The zero-order valence-corrected chi connectivity index (χ0v) is 12.8. The van der Waals surface area contributed by atoms with Crippen LogP contribution in [0.5, 0.6) is 0 Å². The van der Waals surface area contributed by atoms with Crippen molar-refractivity contribution in [3.63, 3.8) is 0 Å². The molecule has 2 rings (SSSR count). The van der Waals surface area contributed by atoms with E-state index in [-0.39, 0.29) is 11.9 Å². The van der Waals surface area contributed by atoms with E-state index in [1.807, 2.05) is 11.3 Å². The lowest BCUT2D eigenvalue weighted by atomic mass is 10.1. The highest BCUT2D eigenvalue weighted by Gasteiger charge is 2.11. The fraction of sp³-hybridized carbons (Fsp3) is 0.333. The Morgan fingerprint density at radius 2 is 2.05 bits per heavy atom. The molecule has 19 heavy (non-hydrogen) atoms. The SMILES string of the molecule is Cc1cc(C(C)NCc2ccc(F)cc2Cl)c(C)s1. The van der Waals surface area contributed by atoms with Gasteiger partial charge in [0, 0.05) is 27.4 Å². The molecule has 1 heterocycles. The van der Waals surface area contributed by atoms with Gasteiger partial charge in [-0.3, -0.25) is 0 Å². The molecule has 1 unspecified atom stereocenters. The van der Waals surface area contributed by atoms with Gasteiger partial charge >= 0.3 is 0 Å². The summed E-state index contributed by atoms with van der Waals surface area (Å²) >= 11 is 7.83. The van der Waals surface area contributed by atoms with Crippen molar-refractivity contribution in [3.8, 4) is 0 Å². The first-order chi connectivity index (χ1) is 8.97. The highest BCUT2D eigenvalue weighted by Crippen LogP contribution is 2.26. The van der Waals surface area contributed by atoms with Crippen molar-refractivity contribution in [3.05, 3.63) is 56.0 Å². The van der Waals surface area contributed by atoms with Crippen molar-refractivity contribution in [1.82, 2.24) is 5.32 Å². The normalized spacial score (nSPS) is 12.7. The minimum atomic E-state index is -0.300. The average molecular weight is 298 g/mol. The summed E-state index contributed by atoms with van der Waals surface area (Å²) in [6.07, 6.45) is 0. The van der Waals surface area contributed by atoms with Crippen LogP contribution in [0.4, 0.5) is 4.39 Å². The van der Waals surface area contributed by atoms with Gasteiger partial charge in [0.2, 0.25) is 0 Å². The Labute approximate surface area is 122 Å². The summed E-state index contributed by atoms with van der Waals surface area (Å²) in [5.41, 5.74) is 2.24. The predicted octanol–water partition coefficient (Wildman–Crippen LogP) is 5.01. The number of thiophene rings is 1. The molecule has 0 fully saturated rings. The number of halogens is 2. The third kappa shape index (κ3) is 3.56. The Morgan fingerprint density at radius 3 is 2.63 bits per heavy atom. The molecule has 0 spiro atoms. The van der Waals surface area contributed by atoms with Crippen LogP contribution in [0.3, 0.4) is 0 Å². The van der Waals surface area contributed by atoms with E-state index in [1.165, 1.54) is 27.5 Å². The van der Waals surface area contributed by atoms with Crippen molar-refractivity contribution in [2.45, 2.75) is 33.4 Å². The van der Waals surface area contributed by atoms with Crippen LogP contribution < -0.4 is 5.32 Å². The lowest BCUT2D eigenvalue weighted by molar-refractivity contribution is 0.572. The topological polar surface area (TPSA) is 12.0 Å². The van der Waals surface area contributed by atoms with E-state index in [4.69, 9.17) is 11.6 Å². The van der Waals surface area contributed by atoms with Crippen LogP contribution in [0.15, 0.2) is 24.3 Å². The molecule has 1 nitrogen and oxygen atoms in total. The lowest BCUT2D eigenvalue weighted by Crippen LogP contribution is -2.18. The van der Waals surface area contributed by atoms with Crippen molar-refractivity contribution in [1.29, 1.82) is 0 Å². The van der Waals surface area contributed by atoms with Gasteiger partial charge in [0.05, 0.1) is 0 Å². The van der Waals surface area contributed by atoms with Gasteiger partial charge in [0.1, 0.15) is 5.82 Å². The Bertz CT molecular complexity index is 580. The first-order valence-electron chi connectivity index (χ1n) is 6.21. The van der Waals surface area contributed by atoms with E-state index < -0.39 is 0 Å². The van der Waals surface area contributed by atoms with Crippen molar-refractivity contribution < 1.29 is 4.39 Å². The Morgan fingerprint density at radius 1 is 1.32 bits per heavy atom. The number of rotatable bonds is 4. The van der Waals surface area contributed by atoms with Crippen LogP contribution in [0.2, 0.25) is 5.02 Å². The van der Waals surface area contributed by atoms with Gasteiger partial charge in [-0.05, 0) is 50.1 Å². The molecule has 4 heteroatoms. The number of hydrogen-bond donors (Lipinski definition) is 1. The maximum Gasteiger partial charge on any atom is 0.124 e. The molecular formula is C15H17ClFNS. The summed E-state index contributed by atoms with van der Waals surface area (Å²) in [4.78, 5) is 2.66. The number of aryl methyl sites for hydroxylation is 2. The fourth-order valence-electron chi connectivity index (χ4n) is 2.12. The minimum Gasteiger partial charge on any atom is -0.306 e. The summed E-state index contributed by atoms with van der Waals surface area (Å²) in [7, 11) is 0. The average Bonchev–Trinajstić information content (AvgIpc) is 2.67. The monoisotopic (exact) mass is 297 g/mol. The molecule has 0 aliphatic rings. The molecule has 102 valence electrons. The summed E-state index contributed by atoms with van der Waals surface area (Å²) in [5, 5.41) is 3.90. The molecule has 0 aliphatic heterocycles. The molecule has 0 saturated heterocycles. The molecule has 0 radical (unpaired) electrons. The van der Waals surface area contributed by atoms with E-state index in [0.29, 0.717) is 11.6 Å². The van der Waals surface area contributed by atoms with Crippen LogP contribution in [0.1, 0.15) is 33.8 Å². The van der Waals surface area contributed by atoms with E-state index in [1.54, 1.807) is 6.07 Å². The highest BCUT2D eigenvalue weighted by atomic mass is 35.5. The molecule has 2 aromatic rings. The number of benzene rings is 1. The summed E-state index contributed by atoms with van der Waals surface area (Å²) < 4.78 is 13.0. The first-order valence-corrected chi connectivity index (χ1v) is 7.41. The van der Waals surface area contributed by atoms with E-state index >= 15 is 0 Å². The molecule has 0 bridgehead atoms. The number of nitrogens with one attached hydrogen (secondary N) is 1. The summed E-state index contributed by atoms with van der Waals surface area (Å²) in [6.45, 7) is 7.02. The molecule has 0 saturated carbocycles. The Hall–Kier alpha value is -0.900.